The molecule has 44 heavy (non-hydrogen) atoms. The van der Waals surface area contributed by atoms with Crippen molar-refractivity contribution in [2.75, 3.05) is 13.2 Å². The lowest BCUT2D eigenvalue weighted by Gasteiger charge is -2.29. The summed E-state index contributed by atoms with van der Waals surface area (Å²) in [6.07, 6.45) is 7.15. The van der Waals surface area contributed by atoms with Gasteiger partial charge >= 0.3 is 0 Å². The molecule has 0 bridgehead atoms. The molecule has 2 aliphatic carbocycles. The second kappa shape index (κ2) is 14.1. The van der Waals surface area contributed by atoms with E-state index in [-0.39, 0.29) is 42.1 Å². The monoisotopic (exact) mass is 616 g/mol. The summed E-state index contributed by atoms with van der Waals surface area (Å²) in [4.78, 5) is 0. The Balaban J connectivity index is 1.17. The number of hydrogen-bond donors (Lipinski definition) is 0. The first-order valence-corrected chi connectivity index (χ1v) is 15.6. The molecule has 0 N–H and O–H groups in total. The molecule has 0 radical (unpaired) electrons. The molecule has 0 amide bonds. The lowest BCUT2D eigenvalue weighted by Crippen LogP contribution is -2.16. The van der Waals surface area contributed by atoms with E-state index in [4.69, 9.17) is 9.47 Å². The van der Waals surface area contributed by atoms with E-state index in [0.29, 0.717) is 73.1 Å². The van der Waals surface area contributed by atoms with Gasteiger partial charge in [-0.25, -0.2) is 17.6 Å². The molecule has 8 heteroatoms. The van der Waals surface area contributed by atoms with Gasteiger partial charge in [0.15, 0.2) is 34.8 Å². The summed E-state index contributed by atoms with van der Waals surface area (Å²) in [5, 5.41) is 0. The summed E-state index contributed by atoms with van der Waals surface area (Å²) >= 11 is 0. The van der Waals surface area contributed by atoms with Gasteiger partial charge in [-0.1, -0.05) is 24.3 Å². The topological polar surface area (TPSA) is 18.5 Å². The molecule has 0 heterocycles. The van der Waals surface area contributed by atoms with Gasteiger partial charge in [0, 0.05) is 5.56 Å². The average Bonchev–Trinajstić information content (AvgIpc) is 3.03. The highest BCUT2D eigenvalue weighted by atomic mass is 19.2. The van der Waals surface area contributed by atoms with Gasteiger partial charge in [-0.15, -0.1) is 0 Å². The third kappa shape index (κ3) is 6.64. The molecule has 0 aliphatic heterocycles. The lowest BCUT2D eigenvalue weighted by atomic mass is 9.76. The zero-order chi connectivity index (χ0) is 31.4. The van der Waals surface area contributed by atoms with Crippen molar-refractivity contribution in [3.8, 4) is 11.5 Å². The van der Waals surface area contributed by atoms with Crippen molar-refractivity contribution in [3.05, 3.63) is 99.6 Å². The van der Waals surface area contributed by atoms with E-state index in [0.717, 1.165) is 12.8 Å². The van der Waals surface area contributed by atoms with E-state index in [1.807, 2.05) is 0 Å². The van der Waals surface area contributed by atoms with Gasteiger partial charge in [-0.3, -0.25) is 0 Å². The molecule has 0 saturated heterocycles. The Morgan fingerprint density at radius 3 is 1.84 bits per heavy atom. The molecule has 2 nitrogen and oxygen atoms in total. The van der Waals surface area contributed by atoms with Gasteiger partial charge in [-0.2, -0.15) is 8.78 Å². The number of aryl methyl sites for hydroxylation is 1. The molecule has 1 saturated carbocycles. The minimum Gasteiger partial charge on any atom is -0.491 e. The zero-order valence-corrected chi connectivity index (χ0v) is 25.1. The van der Waals surface area contributed by atoms with E-state index in [1.165, 1.54) is 18.2 Å². The van der Waals surface area contributed by atoms with Crippen molar-refractivity contribution >= 4 is 5.57 Å². The first-order valence-electron chi connectivity index (χ1n) is 15.6. The molecule has 1 atom stereocenters. The Kier molecular flexibility index (Phi) is 10.3. The van der Waals surface area contributed by atoms with E-state index >= 15 is 8.78 Å². The van der Waals surface area contributed by atoms with Gasteiger partial charge in [0.1, 0.15) is 0 Å². The van der Waals surface area contributed by atoms with Crippen LogP contribution in [0.4, 0.5) is 26.3 Å². The zero-order valence-electron chi connectivity index (χ0n) is 25.1. The van der Waals surface area contributed by atoms with Gasteiger partial charge in [0.25, 0.3) is 0 Å². The van der Waals surface area contributed by atoms with E-state index in [1.54, 1.807) is 38.1 Å². The molecule has 3 aromatic carbocycles. The van der Waals surface area contributed by atoms with Crippen molar-refractivity contribution < 1.29 is 35.8 Å². The average molecular weight is 617 g/mol. The molecule has 0 aromatic heterocycles. The number of rotatable bonds is 10. The van der Waals surface area contributed by atoms with Crippen molar-refractivity contribution in [2.45, 2.75) is 83.5 Å². The maximum Gasteiger partial charge on any atom is 0.201 e. The molecule has 0 spiro atoms. The minimum atomic E-state index is -1.03. The number of benzene rings is 3. The molecule has 1 unspecified atom stereocenters. The SMILES string of the molecule is CCOc1ccc(C2=CCC(c3ccc(CCC4CCC(c5ccc(OCC)c(F)c5F)CC4)c(F)c3F)CC2)c(F)c1F. The minimum absolute atomic E-state index is 0.0802. The van der Waals surface area contributed by atoms with Crippen molar-refractivity contribution in [2.24, 2.45) is 5.92 Å². The van der Waals surface area contributed by atoms with Crippen LogP contribution >= 0.6 is 0 Å². The van der Waals surface area contributed by atoms with E-state index in [2.05, 4.69) is 0 Å². The number of allylic oxidation sites excluding steroid dienone is 2. The predicted molar refractivity (Wildman–Crippen MR) is 159 cm³/mol. The van der Waals surface area contributed by atoms with Crippen LogP contribution in [0.3, 0.4) is 0 Å². The summed E-state index contributed by atoms with van der Waals surface area (Å²) < 4.78 is 98.8. The highest BCUT2D eigenvalue weighted by Crippen LogP contribution is 2.42. The van der Waals surface area contributed by atoms with Gasteiger partial charge in [0.2, 0.25) is 11.6 Å². The second-order valence-electron chi connectivity index (χ2n) is 11.8. The van der Waals surface area contributed by atoms with Crippen LogP contribution in [0, 0.1) is 40.8 Å². The largest absolute Gasteiger partial charge is 0.491 e. The quantitative estimate of drug-likeness (QED) is 0.211. The number of hydrogen-bond acceptors (Lipinski definition) is 2. The number of halogens is 6. The smallest absolute Gasteiger partial charge is 0.201 e. The fourth-order valence-corrected chi connectivity index (χ4v) is 6.77. The summed E-state index contributed by atoms with van der Waals surface area (Å²) in [6, 6.07) is 9.29. The predicted octanol–water partition coefficient (Wildman–Crippen LogP) is 10.6. The Bertz CT molecular complexity index is 1510. The summed E-state index contributed by atoms with van der Waals surface area (Å²) in [7, 11) is 0. The van der Waals surface area contributed by atoms with Gasteiger partial charge in [-0.05, 0) is 130 Å². The fourth-order valence-electron chi connectivity index (χ4n) is 6.77. The van der Waals surface area contributed by atoms with Crippen LogP contribution in [-0.2, 0) is 6.42 Å². The molecule has 1 fully saturated rings. The third-order valence-electron chi connectivity index (χ3n) is 9.22. The standard InChI is InChI=1S/C36H38F6O2/c1-3-43-29-19-17-27(33(39)35(29)41)22-8-5-21(6-9-22)7-10-25-15-16-26(32(38)31(25)37)23-11-13-24(14-12-23)28-18-20-30(44-4-2)36(42)34(28)40/h13,15-23H,3-12,14H2,1-2H3. The van der Waals surface area contributed by atoms with Crippen LogP contribution in [0.1, 0.15) is 99.3 Å². The summed E-state index contributed by atoms with van der Waals surface area (Å²) in [5.74, 6) is -5.74. The van der Waals surface area contributed by atoms with Crippen LogP contribution in [-0.4, -0.2) is 13.2 Å². The Hall–Kier alpha value is -3.42. The Morgan fingerprint density at radius 2 is 1.20 bits per heavy atom. The number of ether oxygens (including phenoxy) is 2. The molecule has 2 aliphatic rings. The van der Waals surface area contributed by atoms with Crippen molar-refractivity contribution in [1.29, 1.82) is 0 Å². The van der Waals surface area contributed by atoms with E-state index < -0.39 is 34.9 Å². The first-order chi connectivity index (χ1) is 21.2. The lowest BCUT2D eigenvalue weighted by molar-refractivity contribution is 0.296. The Morgan fingerprint density at radius 1 is 0.614 bits per heavy atom. The maximum atomic E-state index is 15.3. The van der Waals surface area contributed by atoms with E-state index in [9.17, 15) is 17.6 Å². The molecule has 5 rings (SSSR count). The molecule has 3 aromatic rings. The van der Waals surface area contributed by atoms with Crippen LogP contribution < -0.4 is 9.47 Å². The van der Waals surface area contributed by atoms with Crippen LogP contribution in [0.15, 0.2) is 42.5 Å². The highest BCUT2D eigenvalue weighted by molar-refractivity contribution is 5.68. The fraction of sp³-hybridized carbons (Fsp3) is 0.444. The molecular weight excluding hydrogens is 578 g/mol. The van der Waals surface area contributed by atoms with Crippen LogP contribution in [0.5, 0.6) is 11.5 Å². The van der Waals surface area contributed by atoms with Crippen molar-refractivity contribution in [1.82, 2.24) is 0 Å². The van der Waals surface area contributed by atoms with Gasteiger partial charge in [0.05, 0.1) is 13.2 Å². The first kappa shape index (κ1) is 32.0. The van der Waals surface area contributed by atoms with Crippen LogP contribution in [0.25, 0.3) is 5.57 Å². The highest BCUT2D eigenvalue weighted by Gasteiger charge is 2.28. The molecular formula is C36H38F6O2. The van der Waals surface area contributed by atoms with Gasteiger partial charge < -0.3 is 9.47 Å². The summed E-state index contributed by atoms with van der Waals surface area (Å²) in [5.41, 5.74) is 1.80. The Labute approximate surface area is 255 Å². The third-order valence-corrected chi connectivity index (χ3v) is 9.22. The maximum absolute atomic E-state index is 15.3. The summed E-state index contributed by atoms with van der Waals surface area (Å²) in [6.45, 7) is 3.88. The normalized spacial score (nSPS) is 20.4. The second-order valence-corrected chi connectivity index (χ2v) is 11.8. The van der Waals surface area contributed by atoms with Crippen molar-refractivity contribution in [3.63, 3.8) is 0 Å². The molecule has 236 valence electrons. The van der Waals surface area contributed by atoms with Crippen LogP contribution in [0.2, 0.25) is 0 Å².